The summed E-state index contributed by atoms with van der Waals surface area (Å²) in [6, 6.07) is 6.18. The quantitative estimate of drug-likeness (QED) is 0.799. The van der Waals surface area contributed by atoms with Gasteiger partial charge >= 0.3 is 0 Å². The van der Waals surface area contributed by atoms with E-state index in [0.29, 0.717) is 25.5 Å². The standard InChI is InChI=1S/C16H24N2O2/c1-11-3-4-12(2)15(9-11)20-8-7-16(19)18-10-14(17)13-5-6-13/h3-4,9,13-14H,5-8,10,17H2,1-2H3,(H,18,19). The third-order valence-corrected chi connectivity index (χ3v) is 3.69. The lowest BCUT2D eigenvalue weighted by atomic mass is 10.1. The Morgan fingerprint density at radius 1 is 1.45 bits per heavy atom. The van der Waals surface area contributed by atoms with Crippen LogP contribution in [0.1, 0.15) is 30.4 Å². The van der Waals surface area contributed by atoms with E-state index >= 15 is 0 Å². The Hall–Kier alpha value is -1.55. The van der Waals surface area contributed by atoms with Crippen molar-refractivity contribution in [2.75, 3.05) is 13.2 Å². The Kier molecular flexibility index (Phi) is 5.01. The van der Waals surface area contributed by atoms with Crippen molar-refractivity contribution in [1.82, 2.24) is 5.32 Å². The van der Waals surface area contributed by atoms with Crippen molar-refractivity contribution < 1.29 is 9.53 Å². The van der Waals surface area contributed by atoms with Crippen molar-refractivity contribution in [3.63, 3.8) is 0 Å². The summed E-state index contributed by atoms with van der Waals surface area (Å²) < 4.78 is 5.66. The van der Waals surface area contributed by atoms with Gasteiger partial charge in [0, 0.05) is 12.6 Å². The zero-order valence-electron chi connectivity index (χ0n) is 12.3. The second kappa shape index (κ2) is 6.75. The molecule has 1 fully saturated rings. The Labute approximate surface area is 120 Å². The molecule has 1 aliphatic carbocycles. The maximum Gasteiger partial charge on any atom is 0.223 e. The van der Waals surface area contributed by atoms with Gasteiger partial charge in [-0.3, -0.25) is 4.79 Å². The van der Waals surface area contributed by atoms with Gasteiger partial charge in [0.25, 0.3) is 0 Å². The average Bonchev–Trinajstić information content (AvgIpc) is 3.24. The van der Waals surface area contributed by atoms with Crippen molar-refractivity contribution in [2.45, 2.75) is 39.2 Å². The van der Waals surface area contributed by atoms with Crippen LogP contribution in [0.25, 0.3) is 0 Å². The van der Waals surface area contributed by atoms with Crippen LogP contribution in [0, 0.1) is 19.8 Å². The zero-order valence-corrected chi connectivity index (χ0v) is 12.3. The molecule has 3 N–H and O–H groups in total. The number of benzene rings is 1. The number of ether oxygens (including phenoxy) is 1. The number of nitrogens with two attached hydrogens (primary N) is 1. The molecule has 0 bridgehead atoms. The molecule has 1 saturated carbocycles. The van der Waals surface area contributed by atoms with Crippen molar-refractivity contribution in [1.29, 1.82) is 0 Å². The molecule has 0 spiro atoms. The number of rotatable bonds is 7. The monoisotopic (exact) mass is 276 g/mol. The van der Waals surface area contributed by atoms with Gasteiger partial charge in [-0.05, 0) is 49.8 Å². The van der Waals surface area contributed by atoms with Crippen LogP contribution in [0.5, 0.6) is 5.75 Å². The Morgan fingerprint density at radius 2 is 2.20 bits per heavy atom. The van der Waals surface area contributed by atoms with Gasteiger partial charge in [-0.25, -0.2) is 0 Å². The summed E-state index contributed by atoms with van der Waals surface area (Å²) in [5.41, 5.74) is 8.18. The molecule has 4 heteroatoms. The first-order valence-corrected chi connectivity index (χ1v) is 7.28. The molecule has 1 unspecified atom stereocenters. The maximum absolute atomic E-state index is 11.7. The zero-order chi connectivity index (χ0) is 14.5. The van der Waals surface area contributed by atoms with E-state index < -0.39 is 0 Å². The summed E-state index contributed by atoms with van der Waals surface area (Å²) in [7, 11) is 0. The van der Waals surface area contributed by atoms with E-state index in [1.54, 1.807) is 0 Å². The van der Waals surface area contributed by atoms with Gasteiger partial charge < -0.3 is 15.8 Å². The minimum atomic E-state index is 0.00593. The number of aryl methyl sites for hydroxylation is 2. The molecule has 1 aromatic rings. The summed E-state index contributed by atoms with van der Waals surface area (Å²) >= 11 is 0. The van der Waals surface area contributed by atoms with Crippen LogP contribution in [0.2, 0.25) is 0 Å². The van der Waals surface area contributed by atoms with Crippen molar-refractivity contribution in [3.05, 3.63) is 29.3 Å². The minimum Gasteiger partial charge on any atom is -0.493 e. The molecule has 0 heterocycles. The first kappa shape index (κ1) is 14.9. The smallest absolute Gasteiger partial charge is 0.223 e. The molecular formula is C16H24N2O2. The summed E-state index contributed by atoms with van der Waals surface area (Å²) in [4.78, 5) is 11.7. The van der Waals surface area contributed by atoms with E-state index in [-0.39, 0.29) is 11.9 Å². The van der Waals surface area contributed by atoms with Gasteiger partial charge in [0.05, 0.1) is 13.0 Å². The normalized spacial score (nSPS) is 15.8. The number of carbonyl (C=O) groups is 1. The second-order valence-electron chi connectivity index (χ2n) is 5.67. The number of hydrogen-bond donors (Lipinski definition) is 2. The summed E-state index contributed by atoms with van der Waals surface area (Å²) in [5, 5.41) is 2.87. The van der Waals surface area contributed by atoms with Crippen LogP contribution >= 0.6 is 0 Å². The van der Waals surface area contributed by atoms with E-state index in [4.69, 9.17) is 10.5 Å². The molecule has 1 aliphatic rings. The van der Waals surface area contributed by atoms with E-state index in [0.717, 1.165) is 16.9 Å². The fourth-order valence-corrected chi connectivity index (χ4v) is 2.13. The van der Waals surface area contributed by atoms with Crippen LogP contribution < -0.4 is 15.8 Å². The van der Waals surface area contributed by atoms with Crippen molar-refractivity contribution >= 4 is 5.91 Å². The third kappa shape index (κ3) is 4.53. The van der Waals surface area contributed by atoms with Gasteiger partial charge in [-0.1, -0.05) is 12.1 Å². The highest BCUT2D eigenvalue weighted by Crippen LogP contribution is 2.31. The minimum absolute atomic E-state index is 0.00593. The molecule has 0 aromatic heterocycles. The fourth-order valence-electron chi connectivity index (χ4n) is 2.13. The van der Waals surface area contributed by atoms with Crippen LogP contribution in [0.4, 0.5) is 0 Å². The van der Waals surface area contributed by atoms with Crippen LogP contribution in [-0.2, 0) is 4.79 Å². The predicted molar refractivity (Wildman–Crippen MR) is 79.7 cm³/mol. The van der Waals surface area contributed by atoms with Gasteiger partial charge in [-0.2, -0.15) is 0 Å². The lowest BCUT2D eigenvalue weighted by Crippen LogP contribution is -2.38. The largest absolute Gasteiger partial charge is 0.493 e. The SMILES string of the molecule is Cc1ccc(C)c(OCCC(=O)NCC(N)C2CC2)c1. The lowest BCUT2D eigenvalue weighted by molar-refractivity contribution is -0.121. The average molecular weight is 276 g/mol. The Morgan fingerprint density at radius 3 is 2.90 bits per heavy atom. The molecule has 2 rings (SSSR count). The van der Waals surface area contributed by atoms with Crippen molar-refractivity contribution in [3.8, 4) is 5.75 Å². The number of hydrogen-bond acceptors (Lipinski definition) is 3. The molecule has 0 saturated heterocycles. The molecular weight excluding hydrogens is 252 g/mol. The van der Waals surface area contributed by atoms with Crippen molar-refractivity contribution in [2.24, 2.45) is 11.7 Å². The van der Waals surface area contributed by atoms with E-state index in [1.807, 2.05) is 32.0 Å². The highest BCUT2D eigenvalue weighted by Gasteiger charge is 2.28. The topological polar surface area (TPSA) is 64.3 Å². The highest BCUT2D eigenvalue weighted by atomic mass is 16.5. The van der Waals surface area contributed by atoms with Gasteiger partial charge in [-0.15, -0.1) is 0 Å². The first-order chi connectivity index (χ1) is 9.56. The number of carbonyl (C=O) groups excluding carboxylic acids is 1. The van der Waals surface area contributed by atoms with Gasteiger partial charge in [0.15, 0.2) is 0 Å². The maximum atomic E-state index is 11.7. The Balaban J connectivity index is 1.66. The molecule has 20 heavy (non-hydrogen) atoms. The van der Waals surface area contributed by atoms with E-state index in [1.165, 1.54) is 12.8 Å². The molecule has 110 valence electrons. The molecule has 4 nitrogen and oxygen atoms in total. The van der Waals surface area contributed by atoms with Crippen LogP contribution in [0.3, 0.4) is 0 Å². The second-order valence-corrected chi connectivity index (χ2v) is 5.67. The molecule has 1 aromatic carbocycles. The first-order valence-electron chi connectivity index (χ1n) is 7.28. The molecule has 1 amide bonds. The summed E-state index contributed by atoms with van der Waals surface area (Å²) in [6.45, 7) is 5.00. The van der Waals surface area contributed by atoms with E-state index in [2.05, 4.69) is 5.32 Å². The molecule has 0 aliphatic heterocycles. The van der Waals surface area contributed by atoms with E-state index in [9.17, 15) is 4.79 Å². The fraction of sp³-hybridized carbons (Fsp3) is 0.562. The molecule has 1 atom stereocenters. The summed E-state index contributed by atoms with van der Waals surface area (Å²) in [6.07, 6.45) is 2.77. The third-order valence-electron chi connectivity index (χ3n) is 3.69. The van der Waals surface area contributed by atoms with Gasteiger partial charge in [0.1, 0.15) is 5.75 Å². The van der Waals surface area contributed by atoms with Crippen LogP contribution in [-0.4, -0.2) is 25.1 Å². The molecule has 0 radical (unpaired) electrons. The number of nitrogens with one attached hydrogen (secondary N) is 1. The lowest BCUT2D eigenvalue weighted by Gasteiger charge is -2.12. The predicted octanol–water partition coefficient (Wildman–Crippen LogP) is 1.93. The Bertz CT molecular complexity index is 470. The number of amides is 1. The summed E-state index contributed by atoms with van der Waals surface area (Å²) in [5.74, 6) is 1.47. The van der Waals surface area contributed by atoms with Gasteiger partial charge in [0.2, 0.25) is 5.91 Å². The van der Waals surface area contributed by atoms with Crippen LogP contribution in [0.15, 0.2) is 18.2 Å². The highest BCUT2D eigenvalue weighted by molar-refractivity contribution is 5.76.